The lowest BCUT2D eigenvalue weighted by Gasteiger charge is -2.50. The van der Waals surface area contributed by atoms with Gasteiger partial charge in [0, 0.05) is 19.3 Å². The second kappa shape index (κ2) is 7.66. The van der Waals surface area contributed by atoms with Crippen molar-refractivity contribution in [2.75, 3.05) is 19.7 Å². The van der Waals surface area contributed by atoms with Crippen LogP contribution in [-0.2, 0) is 25.7 Å². The van der Waals surface area contributed by atoms with E-state index in [0.717, 1.165) is 37.8 Å². The smallest absolute Gasteiger partial charge is 0.338 e. The van der Waals surface area contributed by atoms with Crippen LogP contribution in [0.3, 0.4) is 0 Å². The molecule has 2 saturated heterocycles. The highest BCUT2D eigenvalue weighted by atomic mass is 16.5. The first kappa shape index (κ1) is 21.1. The number of carbonyl (C=O) groups excluding carboxylic acids is 2. The number of ether oxygens (including phenoxy) is 2. The fourth-order valence-corrected chi connectivity index (χ4v) is 6.01. The monoisotopic (exact) mass is 438 g/mol. The van der Waals surface area contributed by atoms with Gasteiger partial charge >= 0.3 is 5.97 Å². The zero-order valence-electron chi connectivity index (χ0n) is 18.7. The molecule has 5 rings (SSSR count). The Bertz CT molecular complexity index is 1000. The zero-order chi connectivity index (χ0) is 22.5. The summed E-state index contributed by atoms with van der Waals surface area (Å²) < 4.78 is 11.2. The molecule has 4 aliphatic rings. The van der Waals surface area contributed by atoms with E-state index in [0.29, 0.717) is 12.2 Å². The average molecular weight is 439 g/mol. The molecule has 2 bridgehead atoms. The van der Waals surface area contributed by atoms with E-state index in [4.69, 9.17) is 9.47 Å². The Labute approximate surface area is 188 Å². The molecule has 3 heterocycles. The molecule has 1 amide bonds. The number of nitrogens with zero attached hydrogens (tertiary/aromatic N) is 2. The van der Waals surface area contributed by atoms with E-state index in [1.807, 2.05) is 40.1 Å². The summed E-state index contributed by atoms with van der Waals surface area (Å²) in [5, 5.41) is 11.1. The minimum absolute atomic E-state index is 0.105. The third-order valence-corrected chi connectivity index (χ3v) is 7.31. The molecule has 1 aromatic carbocycles. The fourth-order valence-electron chi connectivity index (χ4n) is 6.01. The lowest BCUT2D eigenvalue weighted by Crippen LogP contribution is -2.61. The molecule has 0 radical (unpaired) electrons. The van der Waals surface area contributed by atoms with Gasteiger partial charge in [0.2, 0.25) is 0 Å². The molecule has 1 spiro atoms. The van der Waals surface area contributed by atoms with Gasteiger partial charge in [-0.2, -0.15) is 0 Å². The molecule has 1 saturated carbocycles. The zero-order valence-corrected chi connectivity index (χ0v) is 18.7. The summed E-state index contributed by atoms with van der Waals surface area (Å²) in [6.07, 6.45) is 4.36. The molecule has 7 heteroatoms. The van der Waals surface area contributed by atoms with Crippen LogP contribution in [0.2, 0.25) is 0 Å². The standard InChI is InChI=1S/C25H30N2O5/c1-3-31-23(30)18-12-26-16-25-11-7-10-24(2,14-25)15-27(25)22(29)19(26)21(20(18)28)32-13-17-8-5-4-6-9-17/h4-6,8-9,12,20,28H,3,7,10-11,13-16H2,1-2H3/t20?,24-,25+/m0/s1. The van der Waals surface area contributed by atoms with Gasteiger partial charge in [0.25, 0.3) is 5.91 Å². The summed E-state index contributed by atoms with van der Waals surface area (Å²) in [4.78, 5) is 30.2. The number of hydrogen-bond donors (Lipinski definition) is 1. The maximum absolute atomic E-state index is 13.8. The second-order valence-electron chi connectivity index (χ2n) is 9.78. The van der Waals surface area contributed by atoms with Gasteiger partial charge in [0.05, 0.1) is 17.7 Å². The first-order valence-electron chi connectivity index (χ1n) is 11.4. The molecule has 1 aromatic rings. The lowest BCUT2D eigenvalue weighted by molar-refractivity contribution is -0.142. The number of esters is 1. The van der Waals surface area contributed by atoms with Gasteiger partial charge in [0.1, 0.15) is 18.4 Å². The first-order chi connectivity index (χ1) is 15.4. The number of benzene rings is 1. The van der Waals surface area contributed by atoms with Crippen LogP contribution in [0.25, 0.3) is 0 Å². The van der Waals surface area contributed by atoms with Crippen LogP contribution in [0.1, 0.15) is 45.1 Å². The van der Waals surface area contributed by atoms with Crippen LogP contribution in [0.4, 0.5) is 0 Å². The number of carbonyl (C=O) groups is 2. The predicted molar refractivity (Wildman–Crippen MR) is 117 cm³/mol. The van der Waals surface area contributed by atoms with Gasteiger partial charge in [-0.15, -0.1) is 0 Å². The van der Waals surface area contributed by atoms with Crippen molar-refractivity contribution in [2.45, 2.75) is 57.8 Å². The van der Waals surface area contributed by atoms with E-state index in [2.05, 4.69) is 6.92 Å². The van der Waals surface area contributed by atoms with Crippen LogP contribution in [0.5, 0.6) is 0 Å². The topological polar surface area (TPSA) is 79.3 Å². The quantitative estimate of drug-likeness (QED) is 0.713. The van der Waals surface area contributed by atoms with Crippen molar-refractivity contribution in [1.82, 2.24) is 9.80 Å². The first-order valence-corrected chi connectivity index (χ1v) is 11.4. The summed E-state index contributed by atoms with van der Waals surface area (Å²) >= 11 is 0. The van der Waals surface area contributed by atoms with Gasteiger partial charge in [-0.25, -0.2) is 4.79 Å². The fraction of sp³-hybridized carbons (Fsp3) is 0.520. The van der Waals surface area contributed by atoms with Crippen LogP contribution in [0.15, 0.2) is 53.6 Å². The Kier molecular flexibility index (Phi) is 5.04. The molecule has 170 valence electrons. The third kappa shape index (κ3) is 3.30. The van der Waals surface area contributed by atoms with E-state index in [9.17, 15) is 14.7 Å². The van der Waals surface area contributed by atoms with Gasteiger partial charge in [-0.1, -0.05) is 43.7 Å². The molecular formula is C25H30N2O5. The van der Waals surface area contributed by atoms with Gasteiger partial charge in [-0.05, 0) is 37.2 Å². The van der Waals surface area contributed by atoms with E-state index in [1.165, 1.54) is 0 Å². The van der Waals surface area contributed by atoms with Gasteiger partial charge in [-0.3, -0.25) is 4.79 Å². The summed E-state index contributed by atoms with van der Waals surface area (Å²) in [6, 6.07) is 9.57. The average Bonchev–Trinajstić information content (AvgIpc) is 2.98. The number of rotatable bonds is 5. The minimum Gasteiger partial charge on any atom is -0.488 e. The Morgan fingerprint density at radius 2 is 2.00 bits per heavy atom. The summed E-state index contributed by atoms with van der Waals surface area (Å²) in [5.41, 5.74) is 1.23. The number of aliphatic hydroxyl groups is 1. The number of piperazine rings is 1. The molecular weight excluding hydrogens is 408 g/mol. The Hall–Kier alpha value is -2.80. The highest BCUT2D eigenvalue weighted by molar-refractivity contribution is 5.98. The molecule has 3 fully saturated rings. The lowest BCUT2D eigenvalue weighted by atomic mass is 9.71. The highest BCUT2D eigenvalue weighted by Gasteiger charge is 2.60. The van der Waals surface area contributed by atoms with E-state index >= 15 is 0 Å². The number of fused-ring (bicyclic) bond motifs is 2. The summed E-state index contributed by atoms with van der Waals surface area (Å²) in [7, 11) is 0. The van der Waals surface area contributed by atoms with Crippen LogP contribution in [0, 0.1) is 5.41 Å². The van der Waals surface area contributed by atoms with E-state index < -0.39 is 12.1 Å². The van der Waals surface area contributed by atoms with Crippen molar-refractivity contribution in [1.29, 1.82) is 0 Å². The largest absolute Gasteiger partial charge is 0.488 e. The maximum atomic E-state index is 13.8. The SMILES string of the molecule is CCOC(=O)C1=CN2C[C@]34CCC[C@](C)(CN3C(=O)C2=C(OCc2ccccc2)C1O)C4. The molecule has 3 atom stereocenters. The normalized spacial score (nSPS) is 31.2. The van der Waals surface area contributed by atoms with Gasteiger partial charge in [0.15, 0.2) is 5.76 Å². The Morgan fingerprint density at radius 3 is 2.75 bits per heavy atom. The minimum atomic E-state index is -1.35. The van der Waals surface area contributed by atoms with E-state index in [1.54, 1.807) is 13.1 Å². The molecule has 7 nitrogen and oxygen atoms in total. The van der Waals surface area contributed by atoms with Crippen LogP contribution < -0.4 is 0 Å². The van der Waals surface area contributed by atoms with Gasteiger partial charge < -0.3 is 24.4 Å². The summed E-state index contributed by atoms with van der Waals surface area (Å²) in [6.45, 7) is 5.70. The third-order valence-electron chi connectivity index (χ3n) is 7.31. The van der Waals surface area contributed by atoms with Crippen molar-refractivity contribution >= 4 is 11.9 Å². The van der Waals surface area contributed by atoms with Crippen molar-refractivity contribution in [3.8, 4) is 0 Å². The van der Waals surface area contributed by atoms with Crippen LogP contribution >= 0.6 is 0 Å². The molecule has 1 unspecified atom stereocenters. The van der Waals surface area contributed by atoms with Crippen LogP contribution in [-0.4, -0.2) is 58.1 Å². The molecule has 32 heavy (non-hydrogen) atoms. The molecule has 3 aliphatic heterocycles. The summed E-state index contributed by atoms with van der Waals surface area (Å²) in [5.74, 6) is -0.582. The van der Waals surface area contributed by atoms with Crippen molar-refractivity contribution in [3.05, 3.63) is 59.1 Å². The Morgan fingerprint density at radius 1 is 1.22 bits per heavy atom. The molecule has 0 aromatic heterocycles. The van der Waals surface area contributed by atoms with E-state index in [-0.39, 0.29) is 41.4 Å². The number of aliphatic hydroxyl groups excluding tert-OH is 1. The Balaban J connectivity index is 1.54. The molecule has 1 aliphatic carbocycles. The van der Waals surface area contributed by atoms with Crippen molar-refractivity contribution < 1.29 is 24.2 Å². The maximum Gasteiger partial charge on any atom is 0.338 e. The highest BCUT2D eigenvalue weighted by Crippen LogP contribution is 2.54. The number of amides is 1. The van der Waals surface area contributed by atoms with Crippen molar-refractivity contribution in [3.63, 3.8) is 0 Å². The predicted octanol–water partition coefficient (Wildman–Crippen LogP) is 2.71. The molecule has 1 N–H and O–H groups in total. The van der Waals surface area contributed by atoms with Crippen molar-refractivity contribution in [2.24, 2.45) is 5.41 Å². The second-order valence-corrected chi connectivity index (χ2v) is 9.78. The number of hydrogen-bond acceptors (Lipinski definition) is 6.